The highest BCUT2D eigenvalue weighted by Gasteiger charge is 2.18. The van der Waals surface area contributed by atoms with Gasteiger partial charge in [0.25, 0.3) is 5.69 Å². The van der Waals surface area contributed by atoms with Crippen LogP contribution in [0.2, 0.25) is 0 Å². The third-order valence-corrected chi connectivity index (χ3v) is 4.93. The van der Waals surface area contributed by atoms with Gasteiger partial charge in [-0.15, -0.1) is 0 Å². The Morgan fingerprint density at radius 2 is 1.48 bits per heavy atom. The van der Waals surface area contributed by atoms with Gasteiger partial charge in [0.15, 0.2) is 0 Å². The van der Waals surface area contributed by atoms with E-state index >= 15 is 0 Å². The van der Waals surface area contributed by atoms with E-state index in [0.717, 1.165) is 24.3 Å². The Hall–Kier alpha value is -3.92. The largest absolute Gasteiger partial charge is 0.379 e. The lowest BCUT2D eigenvalue weighted by Gasteiger charge is -2.10. The highest BCUT2D eigenvalue weighted by atomic mass is 32.2. The van der Waals surface area contributed by atoms with Crippen molar-refractivity contribution in [1.82, 2.24) is 0 Å². The molecule has 0 aliphatic heterocycles. The van der Waals surface area contributed by atoms with E-state index in [4.69, 9.17) is 4.18 Å². The number of urea groups is 1. The molecule has 10 heteroatoms. The van der Waals surface area contributed by atoms with Crippen LogP contribution in [0.3, 0.4) is 0 Å². The van der Waals surface area contributed by atoms with Gasteiger partial charge in [0.1, 0.15) is 10.6 Å². The second kappa shape index (κ2) is 8.40. The van der Waals surface area contributed by atoms with Gasteiger partial charge in [0.2, 0.25) is 0 Å². The summed E-state index contributed by atoms with van der Waals surface area (Å²) < 4.78 is 29.8. The maximum atomic E-state index is 12.4. The topological polar surface area (TPSA) is 128 Å². The molecule has 0 atom stereocenters. The standard InChI is InChI=1S/C19H15N3O6S/c23-19(20-14-5-2-1-3-6-14)21-15-7-4-8-17(13-15)28-29(26,27)18-11-9-16(10-12-18)22(24)25/h1-13H,(H2,20,21,23). The number of carbonyl (C=O) groups is 1. The summed E-state index contributed by atoms with van der Waals surface area (Å²) in [7, 11) is -4.20. The zero-order chi connectivity index (χ0) is 20.9. The summed E-state index contributed by atoms with van der Waals surface area (Å²) in [6.07, 6.45) is 0. The van der Waals surface area contributed by atoms with Crippen LogP contribution in [0.4, 0.5) is 21.9 Å². The van der Waals surface area contributed by atoms with Gasteiger partial charge in [-0.25, -0.2) is 4.79 Å². The number of carbonyl (C=O) groups excluding carboxylic acids is 1. The number of amides is 2. The molecule has 2 amide bonds. The van der Waals surface area contributed by atoms with Crippen LogP contribution in [-0.4, -0.2) is 19.4 Å². The molecule has 0 bridgehead atoms. The van der Waals surface area contributed by atoms with Crippen molar-refractivity contribution in [3.05, 3.63) is 89.0 Å². The molecule has 0 saturated carbocycles. The molecule has 0 spiro atoms. The van der Waals surface area contributed by atoms with Crippen LogP contribution in [0.25, 0.3) is 0 Å². The van der Waals surface area contributed by atoms with Crippen molar-refractivity contribution in [3.8, 4) is 5.75 Å². The van der Waals surface area contributed by atoms with Crippen molar-refractivity contribution in [2.75, 3.05) is 10.6 Å². The summed E-state index contributed by atoms with van der Waals surface area (Å²) in [5, 5.41) is 15.9. The molecule has 0 fully saturated rings. The molecule has 0 aliphatic carbocycles. The van der Waals surface area contributed by atoms with E-state index in [9.17, 15) is 23.3 Å². The number of hydrogen-bond donors (Lipinski definition) is 2. The van der Waals surface area contributed by atoms with Crippen molar-refractivity contribution in [2.45, 2.75) is 4.90 Å². The summed E-state index contributed by atoms with van der Waals surface area (Å²) in [5.41, 5.74) is 0.674. The van der Waals surface area contributed by atoms with Gasteiger partial charge >= 0.3 is 16.1 Å². The summed E-state index contributed by atoms with van der Waals surface area (Å²) >= 11 is 0. The lowest BCUT2D eigenvalue weighted by Crippen LogP contribution is -2.19. The molecule has 3 aromatic carbocycles. The second-order valence-corrected chi connectivity index (χ2v) is 7.31. The maximum absolute atomic E-state index is 12.4. The molecule has 3 rings (SSSR count). The number of hydrogen-bond acceptors (Lipinski definition) is 6. The number of anilines is 2. The van der Waals surface area contributed by atoms with Gasteiger partial charge in [-0.2, -0.15) is 8.42 Å². The molecule has 9 nitrogen and oxygen atoms in total. The normalized spacial score (nSPS) is 10.8. The van der Waals surface area contributed by atoms with Gasteiger partial charge < -0.3 is 14.8 Å². The number of non-ortho nitro benzene ring substituents is 1. The lowest BCUT2D eigenvalue weighted by atomic mass is 10.3. The molecule has 2 N–H and O–H groups in total. The predicted molar refractivity (Wildman–Crippen MR) is 106 cm³/mol. The fraction of sp³-hybridized carbons (Fsp3) is 0. The first kappa shape index (κ1) is 19.8. The van der Waals surface area contributed by atoms with E-state index < -0.39 is 21.1 Å². The van der Waals surface area contributed by atoms with Crippen LogP contribution >= 0.6 is 0 Å². The average Bonchev–Trinajstić information content (AvgIpc) is 2.68. The number of nitro benzene ring substituents is 1. The van der Waals surface area contributed by atoms with E-state index in [0.29, 0.717) is 11.4 Å². The third kappa shape index (κ3) is 5.30. The number of para-hydroxylation sites is 1. The molecule has 29 heavy (non-hydrogen) atoms. The zero-order valence-corrected chi connectivity index (χ0v) is 15.6. The van der Waals surface area contributed by atoms with Crippen LogP contribution < -0.4 is 14.8 Å². The summed E-state index contributed by atoms with van der Waals surface area (Å²) in [5.74, 6) is -0.0270. The maximum Gasteiger partial charge on any atom is 0.339 e. The quantitative estimate of drug-likeness (QED) is 0.357. The number of rotatable bonds is 6. The third-order valence-electron chi connectivity index (χ3n) is 3.67. The van der Waals surface area contributed by atoms with E-state index in [1.165, 1.54) is 18.2 Å². The predicted octanol–water partition coefficient (Wildman–Crippen LogP) is 4.01. The smallest absolute Gasteiger partial charge is 0.339 e. The van der Waals surface area contributed by atoms with Gasteiger partial charge in [-0.05, 0) is 36.4 Å². The Balaban J connectivity index is 1.70. The van der Waals surface area contributed by atoms with E-state index in [2.05, 4.69) is 10.6 Å². The molecule has 3 aromatic rings. The van der Waals surface area contributed by atoms with E-state index in [-0.39, 0.29) is 16.3 Å². The van der Waals surface area contributed by atoms with Gasteiger partial charge in [0.05, 0.1) is 4.92 Å². The fourth-order valence-corrected chi connectivity index (χ4v) is 3.27. The Morgan fingerprint density at radius 3 is 2.14 bits per heavy atom. The minimum absolute atomic E-state index is 0.0270. The molecule has 148 valence electrons. The van der Waals surface area contributed by atoms with Crippen LogP contribution in [0, 0.1) is 10.1 Å². The van der Waals surface area contributed by atoms with Gasteiger partial charge in [0, 0.05) is 29.6 Å². The molecule has 0 unspecified atom stereocenters. The summed E-state index contributed by atoms with van der Waals surface area (Å²) in [6, 6.07) is 18.4. The average molecular weight is 413 g/mol. The first-order valence-corrected chi connectivity index (χ1v) is 9.66. The number of nitrogens with zero attached hydrogens (tertiary/aromatic N) is 1. The van der Waals surface area contributed by atoms with Crippen molar-refractivity contribution >= 4 is 33.2 Å². The van der Waals surface area contributed by atoms with Crippen molar-refractivity contribution in [1.29, 1.82) is 0 Å². The van der Waals surface area contributed by atoms with Crippen LogP contribution in [0.5, 0.6) is 5.75 Å². The zero-order valence-electron chi connectivity index (χ0n) is 14.8. The molecule has 0 radical (unpaired) electrons. The monoisotopic (exact) mass is 413 g/mol. The second-order valence-electron chi connectivity index (χ2n) is 5.76. The summed E-state index contributed by atoms with van der Waals surface area (Å²) in [4.78, 5) is 21.9. The Kier molecular flexibility index (Phi) is 5.74. The van der Waals surface area contributed by atoms with Crippen LogP contribution in [0.1, 0.15) is 0 Å². The van der Waals surface area contributed by atoms with Crippen LogP contribution in [0.15, 0.2) is 83.8 Å². The molecular weight excluding hydrogens is 398 g/mol. The van der Waals surface area contributed by atoms with Crippen LogP contribution in [-0.2, 0) is 10.1 Å². The first-order valence-electron chi connectivity index (χ1n) is 8.25. The van der Waals surface area contributed by atoms with E-state index in [1.807, 2.05) is 6.07 Å². The molecule has 0 aliphatic rings. The first-order chi connectivity index (χ1) is 13.8. The molecule has 0 heterocycles. The van der Waals surface area contributed by atoms with E-state index in [1.54, 1.807) is 30.3 Å². The highest BCUT2D eigenvalue weighted by Crippen LogP contribution is 2.23. The Morgan fingerprint density at radius 1 is 0.862 bits per heavy atom. The highest BCUT2D eigenvalue weighted by molar-refractivity contribution is 7.87. The van der Waals surface area contributed by atoms with Crippen molar-refractivity contribution in [2.24, 2.45) is 0 Å². The Labute approximate surface area is 166 Å². The van der Waals surface area contributed by atoms with Gasteiger partial charge in [-0.3, -0.25) is 10.1 Å². The van der Waals surface area contributed by atoms with Crippen molar-refractivity contribution < 1.29 is 22.3 Å². The molecular formula is C19H15N3O6S. The lowest BCUT2D eigenvalue weighted by molar-refractivity contribution is -0.384. The SMILES string of the molecule is O=C(Nc1ccccc1)Nc1cccc(OS(=O)(=O)c2ccc([N+](=O)[O-])cc2)c1. The fourth-order valence-electron chi connectivity index (χ4n) is 2.35. The molecule has 0 saturated heterocycles. The number of benzene rings is 3. The Bertz CT molecular complexity index is 1130. The van der Waals surface area contributed by atoms with Crippen molar-refractivity contribution in [3.63, 3.8) is 0 Å². The minimum Gasteiger partial charge on any atom is -0.379 e. The number of nitro groups is 1. The summed E-state index contributed by atoms with van der Waals surface area (Å²) in [6.45, 7) is 0. The number of nitrogens with one attached hydrogen (secondary N) is 2. The molecule has 0 aromatic heterocycles. The van der Waals surface area contributed by atoms with Gasteiger partial charge in [-0.1, -0.05) is 24.3 Å². The minimum atomic E-state index is -4.20.